The van der Waals surface area contributed by atoms with E-state index in [0.29, 0.717) is 11.1 Å². The molecule has 0 aliphatic rings. The molecule has 0 unspecified atom stereocenters. The highest BCUT2D eigenvalue weighted by Crippen LogP contribution is 2.26. The number of aromatic nitrogens is 2. The maximum absolute atomic E-state index is 13.6. The van der Waals surface area contributed by atoms with Crippen molar-refractivity contribution in [2.45, 2.75) is 31.4 Å². The van der Waals surface area contributed by atoms with Gasteiger partial charge in [0.15, 0.2) is 12.0 Å². The van der Waals surface area contributed by atoms with Gasteiger partial charge < -0.3 is 24.5 Å². The van der Waals surface area contributed by atoms with E-state index in [1.165, 1.54) is 19.2 Å². The van der Waals surface area contributed by atoms with Crippen LogP contribution in [0.3, 0.4) is 0 Å². The minimum absolute atomic E-state index is 0.00583. The first kappa shape index (κ1) is 19.8. The van der Waals surface area contributed by atoms with Gasteiger partial charge in [0.2, 0.25) is 5.71 Å². The predicted molar refractivity (Wildman–Crippen MR) is 85.8 cm³/mol. The molecule has 0 aromatic carbocycles. The molecule has 12 heteroatoms. The average Bonchev–Trinajstić information content (AvgIpc) is 2.99. The quantitative estimate of drug-likeness (QED) is 0.325. The van der Waals surface area contributed by atoms with Crippen molar-refractivity contribution in [2.75, 3.05) is 19.9 Å². The molecule has 2 rings (SSSR count). The molecular weight excluding hydrogens is 353 g/mol. The molecule has 3 atom stereocenters. The molecule has 0 radical (unpaired) electrons. The zero-order valence-corrected chi connectivity index (χ0v) is 13.8. The third-order valence-corrected chi connectivity index (χ3v) is 3.72. The standard InChI is InChI=1S/C14H18FN5O6/c1-8(23)14(7-22,18-19-16)26-11(5-15)20-6-9-4-10(2-3-21)25-12(9)17-13(20)24/h4,6,8,11,21-23H,2-3,5,7H2,1H3/t8-,11-,14-/m1/s1. The van der Waals surface area contributed by atoms with Crippen molar-refractivity contribution in [3.8, 4) is 0 Å². The monoisotopic (exact) mass is 371 g/mol. The number of fused-ring (bicyclic) bond motifs is 1. The lowest BCUT2D eigenvalue weighted by molar-refractivity contribution is -0.193. The summed E-state index contributed by atoms with van der Waals surface area (Å²) in [6.45, 7) is -1.16. The normalized spacial score (nSPS) is 16.0. The molecule has 0 fully saturated rings. The Morgan fingerprint density at radius 1 is 1.58 bits per heavy atom. The first-order chi connectivity index (χ1) is 12.4. The topological polar surface area (TPSA) is 167 Å². The number of alkyl halides is 1. The minimum Gasteiger partial charge on any atom is -0.442 e. The number of hydrogen-bond acceptors (Lipinski definition) is 8. The Balaban J connectivity index is 2.47. The van der Waals surface area contributed by atoms with E-state index < -0.39 is 37.0 Å². The summed E-state index contributed by atoms with van der Waals surface area (Å²) in [5.41, 5.74) is 5.55. The average molecular weight is 371 g/mol. The van der Waals surface area contributed by atoms with Gasteiger partial charge in [0.1, 0.15) is 12.4 Å². The van der Waals surface area contributed by atoms with Gasteiger partial charge in [0.05, 0.1) is 24.7 Å². The van der Waals surface area contributed by atoms with E-state index in [1.54, 1.807) is 0 Å². The van der Waals surface area contributed by atoms with Crippen molar-refractivity contribution < 1.29 is 28.9 Å². The second-order valence-electron chi connectivity index (χ2n) is 5.47. The molecule has 0 aliphatic carbocycles. The molecule has 0 spiro atoms. The molecule has 2 aromatic heterocycles. The van der Waals surface area contributed by atoms with Crippen LogP contribution in [-0.4, -0.2) is 56.6 Å². The van der Waals surface area contributed by atoms with Crippen LogP contribution in [-0.2, 0) is 11.2 Å². The van der Waals surface area contributed by atoms with Crippen LogP contribution in [0.25, 0.3) is 21.5 Å². The Morgan fingerprint density at radius 3 is 2.85 bits per heavy atom. The highest BCUT2D eigenvalue weighted by Gasteiger charge is 2.39. The van der Waals surface area contributed by atoms with Gasteiger partial charge in [-0.2, -0.15) is 4.98 Å². The van der Waals surface area contributed by atoms with Crippen molar-refractivity contribution in [3.63, 3.8) is 0 Å². The van der Waals surface area contributed by atoms with Crippen molar-refractivity contribution in [2.24, 2.45) is 5.11 Å². The van der Waals surface area contributed by atoms with Crippen LogP contribution in [0.5, 0.6) is 0 Å². The Morgan fingerprint density at radius 2 is 2.31 bits per heavy atom. The van der Waals surface area contributed by atoms with Crippen molar-refractivity contribution >= 4 is 11.1 Å². The number of aliphatic hydroxyl groups is 3. The predicted octanol–water partition coefficient (Wildman–Crippen LogP) is 0.389. The van der Waals surface area contributed by atoms with E-state index in [4.69, 9.17) is 19.8 Å². The minimum atomic E-state index is -2.18. The molecule has 2 heterocycles. The molecule has 26 heavy (non-hydrogen) atoms. The first-order valence-electron chi connectivity index (χ1n) is 7.62. The van der Waals surface area contributed by atoms with Gasteiger partial charge in [-0.25, -0.2) is 9.18 Å². The summed E-state index contributed by atoms with van der Waals surface area (Å²) in [4.78, 5) is 18.3. The smallest absolute Gasteiger partial charge is 0.353 e. The number of hydrogen-bond donors (Lipinski definition) is 3. The number of azide groups is 1. The second-order valence-corrected chi connectivity index (χ2v) is 5.47. The van der Waals surface area contributed by atoms with E-state index >= 15 is 0 Å². The molecule has 142 valence electrons. The highest BCUT2D eigenvalue weighted by molar-refractivity contribution is 5.72. The zero-order valence-electron chi connectivity index (χ0n) is 13.8. The van der Waals surface area contributed by atoms with Crippen LogP contribution >= 0.6 is 0 Å². The van der Waals surface area contributed by atoms with Crippen molar-refractivity contribution in [3.05, 3.63) is 39.0 Å². The van der Waals surface area contributed by atoms with Crippen LogP contribution in [0.15, 0.2) is 26.6 Å². The Kier molecular flexibility index (Phi) is 6.29. The van der Waals surface area contributed by atoms with Gasteiger partial charge in [-0.3, -0.25) is 4.57 Å². The number of furan rings is 1. The Hall–Kier alpha value is -2.50. The fraction of sp³-hybridized carbons (Fsp3) is 0.571. The van der Waals surface area contributed by atoms with E-state index in [1.807, 2.05) is 0 Å². The number of ether oxygens (including phenoxy) is 1. The maximum Gasteiger partial charge on any atom is 0.353 e. The summed E-state index contributed by atoms with van der Waals surface area (Å²) in [6.07, 6.45) is -1.68. The van der Waals surface area contributed by atoms with Crippen LogP contribution in [0.1, 0.15) is 18.9 Å². The maximum atomic E-state index is 13.6. The number of rotatable bonds is 9. The molecule has 3 N–H and O–H groups in total. The van der Waals surface area contributed by atoms with Gasteiger partial charge in [-0.05, 0) is 18.5 Å². The SMILES string of the molecule is C[C@@H](O)[C@](CO)(N=[N+]=[N-])O[C@H](CF)n1cc2cc(CCO)oc2nc1=O. The van der Waals surface area contributed by atoms with E-state index in [-0.39, 0.29) is 18.7 Å². The lowest BCUT2D eigenvalue weighted by Gasteiger charge is -2.33. The van der Waals surface area contributed by atoms with Crippen LogP contribution in [0.2, 0.25) is 0 Å². The fourth-order valence-electron chi connectivity index (χ4n) is 2.30. The lowest BCUT2D eigenvalue weighted by Crippen LogP contribution is -2.47. The van der Waals surface area contributed by atoms with Gasteiger partial charge in [-0.15, -0.1) is 0 Å². The molecular formula is C14H18FN5O6. The fourth-order valence-corrected chi connectivity index (χ4v) is 2.30. The molecule has 2 aromatic rings. The van der Waals surface area contributed by atoms with Gasteiger partial charge in [0.25, 0.3) is 0 Å². The van der Waals surface area contributed by atoms with E-state index in [9.17, 15) is 19.4 Å². The summed E-state index contributed by atoms with van der Waals surface area (Å²) in [5, 5.41) is 31.7. The van der Waals surface area contributed by atoms with Gasteiger partial charge in [0, 0.05) is 17.5 Å². The molecule has 0 bridgehead atoms. The summed E-state index contributed by atoms with van der Waals surface area (Å²) in [6, 6.07) is 1.52. The lowest BCUT2D eigenvalue weighted by atomic mass is 10.1. The molecule has 11 nitrogen and oxygen atoms in total. The van der Waals surface area contributed by atoms with Crippen LogP contribution < -0.4 is 5.69 Å². The third-order valence-electron chi connectivity index (χ3n) is 3.72. The first-order valence-corrected chi connectivity index (χ1v) is 7.62. The van der Waals surface area contributed by atoms with Gasteiger partial charge >= 0.3 is 5.69 Å². The molecule has 0 saturated carbocycles. The van der Waals surface area contributed by atoms with Crippen molar-refractivity contribution in [1.29, 1.82) is 0 Å². The van der Waals surface area contributed by atoms with E-state index in [0.717, 1.165) is 4.57 Å². The number of halogens is 1. The summed E-state index contributed by atoms with van der Waals surface area (Å²) >= 11 is 0. The summed E-state index contributed by atoms with van der Waals surface area (Å²) in [5.74, 6) is 0.382. The van der Waals surface area contributed by atoms with Crippen LogP contribution in [0, 0.1) is 0 Å². The van der Waals surface area contributed by atoms with Gasteiger partial charge in [-0.1, -0.05) is 5.11 Å². The molecule has 0 amide bonds. The summed E-state index contributed by atoms with van der Waals surface area (Å²) < 4.78 is 24.9. The number of aliphatic hydroxyl groups excluding tert-OH is 3. The number of nitrogens with zero attached hydrogens (tertiary/aromatic N) is 5. The highest BCUT2D eigenvalue weighted by atomic mass is 19.1. The molecule has 0 saturated heterocycles. The van der Waals surface area contributed by atoms with Crippen LogP contribution in [0.4, 0.5) is 4.39 Å². The molecule has 0 aliphatic heterocycles. The third kappa shape index (κ3) is 3.84. The summed E-state index contributed by atoms with van der Waals surface area (Å²) in [7, 11) is 0. The largest absolute Gasteiger partial charge is 0.442 e. The van der Waals surface area contributed by atoms with E-state index in [2.05, 4.69) is 15.0 Å². The van der Waals surface area contributed by atoms with Crippen molar-refractivity contribution in [1.82, 2.24) is 9.55 Å². The second kappa shape index (κ2) is 8.25. The zero-order chi connectivity index (χ0) is 19.3. The Labute approximate surface area is 145 Å². The Bertz CT molecular complexity index is 861.